The van der Waals surface area contributed by atoms with Crippen LogP contribution in [0, 0.1) is 0 Å². The lowest BCUT2D eigenvalue weighted by Gasteiger charge is -2.21. The van der Waals surface area contributed by atoms with Gasteiger partial charge in [0.15, 0.2) is 9.84 Å². The van der Waals surface area contributed by atoms with E-state index in [0.717, 1.165) is 32.1 Å². The number of hydrogen-bond donors (Lipinski definition) is 3. The number of benzene rings is 1. The van der Waals surface area contributed by atoms with Crippen molar-refractivity contribution in [1.82, 2.24) is 5.32 Å². The summed E-state index contributed by atoms with van der Waals surface area (Å²) in [4.78, 5) is 12.2. The number of rotatable bonds is 5. The molecule has 7 heteroatoms. The molecule has 6 nitrogen and oxygen atoms in total. The number of carbonyl (C=O) groups is 1. The summed E-state index contributed by atoms with van der Waals surface area (Å²) in [7, 11) is -3.16. The van der Waals surface area contributed by atoms with Crippen molar-refractivity contribution < 1.29 is 18.3 Å². The van der Waals surface area contributed by atoms with Crippen LogP contribution >= 0.6 is 0 Å². The summed E-state index contributed by atoms with van der Waals surface area (Å²) in [6.45, 7) is 0.414. The minimum Gasteiger partial charge on any atom is -0.392 e. The van der Waals surface area contributed by atoms with Crippen molar-refractivity contribution in [2.24, 2.45) is 0 Å². The molecular weight excluding hydrogens is 340 g/mol. The van der Waals surface area contributed by atoms with Crippen LogP contribution in [0.5, 0.6) is 0 Å². The van der Waals surface area contributed by atoms with E-state index in [9.17, 15) is 18.3 Å². The van der Waals surface area contributed by atoms with Gasteiger partial charge < -0.3 is 15.7 Å². The van der Waals surface area contributed by atoms with Gasteiger partial charge in [-0.3, -0.25) is 4.79 Å². The van der Waals surface area contributed by atoms with E-state index in [2.05, 4.69) is 10.6 Å². The molecule has 1 amide bonds. The van der Waals surface area contributed by atoms with Crippen molar-refractivity contribution in [2.45, 2.75) is 61.7 Å². The molecule has 3 N–H and O–H groups in total. The van der Waals surface area contributed by atoms with E-state index in [1.807, 2.05) is 0 Å². The maximum atomic E-state index is 12.6. The lowest BCUT2D eigenvalue weighted by atomic mass is 10.0. The number of amides is 1. The number of aliphatic hydroxyl groups excluding tert-OH is 1. The second kappa shape index (κ2) is 7.85. The first-order valence-electron chi connectivity index (χ1n) is 8.97. The zero-order chi connectivity index (χ0) is 17.9. The Kier molecular flexibility index (Phi) is 5.76. The third-order valence-electron chi connectivity index (χ3n) is 5.05. The van der Waals surface area contributed by atoms with Crippen LogP contribution in [0.25, 0.3) is 0 Å². The topological polar surface area (TPSA) is 95.5 Å². The lowest BCUT2D eigenvalue weighted by molar-refractivity contribution is -0.117. The van der Waals surface area contributed by atoms with Gasteiger partial charge in [0.25, 0.3) is 0 Å². The molecule has 2 aliphatic rings. The zero-order valence-corrected chi connectivity index (χ0v) is 15.1. The number of anilines is 1. The molecule has 1 aliphatic heterocycles. The van der Waals surface area contributed by atoms with Gasteiger partial charge in [0.2, 0.25) is 5.91 Å². The monoisotopic (exact) mass is 366 g/mol. The van der Waals surface area contributed by atoms with Crippen LogP contribution in [-0.2, 0) is 20.4 Å². The van der Waals surface area contributed by atoms with Gasteiger partial charge in [-0.05, 0) is 37.0 Å². The van der Waals surface area contributed by atoms with Crippen LogP contribution < -0.4 is 10.6 Å². The molecule has 2 atom stereocenters. The maximum absolute atomic E-state index is 12.6. The van der Waals surface area contributed by atoms with Crippen LogP contribution in [0.4, 0.5) is 5.69 Å². The van der Waals surface area contributed by atoms with Gasteiger partial charge in [0, 0.05) is 12.2 Å². The molecule has 0 bridgehead atoms. The summed E-state index contributed by atoms with van der Waals surface area (Å²) < 4.78 is 25.2. The fourth-order valence-corrected chi connectivity index (χ4v) is 5.59. The number of β-amino-alcohol motifs (C(OH)–C–C–N with tert-alkyl or cyclic N) is 1. The summed E-state index contributed by atoms with van der Waals surface area (Å²) >= 11 is 0. The Labute approximate surface area is 148 Å². The van der Waals surface area contributed by atoms with Crippen molar-refractivity contribution in [3.63, 3.8) is 0 Å². The van der Waals surface area contributed by atoms with Gasteiger partial charge in [-0.15, -0.1) is 0 Å². The Balaban J connectivity index is 1.64. The molecule has 1 aliphatic carbocycles. The van der Waals surface area contributed by atoms with E-state index < -0.39 is 22.0 Å². The van der Waals surface area contributed by atoms with Crippen LogP contribution in [0.1, 0.15) is 44.1 Å². The van der Waals surface area contributed by atoms with E-state index in [-0.39, 0.29) is 16.9 Å². The third kappa shape index (κ3) is 4.80. The third-order valence-corrected chi connectivity index (χ3v) is 7.27. The molecule has 1 aromatic rings. The van der Waals surface area contributed by atoms with Gasteiger partial charge in [-0.1, -0.05) is 31.4 Å². The maximum Gasteiger partial charge on any atom is 0.241 e. The SMILES string of the molecule is O=C(Nc1cccc(CS(=O)(=O)C2CCCCC2)c1)C1CC(O)CN1. The molecule has 138 valence electrons. The van der Waals surface area contributed by atoms with Gasteiger partial charge in [-0.2, -0.15) is 0 Å². The van der Waals surface area contributed by atoms with Crippen LogP contribution in [-0.4, -0.2) is 43.4 Å². The largest absolute Gasteiger partial charge is 0.392 e. The molecule has 1 saturated heterocycles. The summed E-state index contributed by atoms with van der Waals surface area (Å²) in [5.74, 6) is -0.189. The summed E-state index contributed by atoms with van der Waals surface area (Å²) in [5.41, 5.74) is 1.28. The standard InChI is InChI=1S/C18H26N2O4S/c21-15-10-17(19-11-15)18(22)20-14-6-4-5-13(9-14)12-25(23,24)16-7-2-1-3-8-16/h4-6,9,15-17,19,21H,1-3,7-8,10-12H2,(H,20,22). The Morgan fingerprint density at radius 2 is 2.00 bits per heavy atom. The van der Waals surface area contributed by atoms with E-state index in [4.69, 9.17) is 0 Å². The van der Waals surface area contributed by atoms with Gasteiger partial charge in [-0.25, -0.2) is 8.42 Å². The molecule has 0 spiro atoms. The Morgan fingerprint density at radius 1 is 1.24 bits per heavy atom. The van der Waals surface area contributed by atoms with Crippen LogP contribution in [0.3, 0.4) is 0 Å². The summed E-state index contributed by atoms with van der Waals surface area (Å²) in [5, 5.41) is 15.0. The van der Waals surface area contributed by atoms with Crippen LogP contribution in [0.2, 0.25) is 0 Å². The van der Waals surface area contributed by atoms with E-state index in [1.165, 1.54) is 0 Å². The fraction of sp³-hybridized carbons (Fsp3) is 0.611. The van der Waals surface area contributed by atoms with Gasteiger partial charge >= 0.3 is 0 Å². The second-order valence-corrected chi connectivity index (χ2v) is 9.39. The molecule has 3 rings (SSSR count). The molecule has 1 saturated carbocycles. The highest BCUT2D eigenvalue weighted by molar-refractivity contribution is 7.91. The Morgan fingerprint density at radius 3 is 2.68 bits per heavy atom. The number of aliphatic hydroxyl groups is 1. The summed E-state index contributed by atoms with van der Waals surface area (Å²) in [6.07, 6.45) is 4.50. The normalized spacial score (nSPS) is 25.0. The number of carbonyl (C=O) groups excluding carboxylic acids is 1. The van der Waals surface area contributed by atoms with E-state index >= 15 is 0 Å². The first-order chi connectivity index (χ1) is 11.9. The average molecular weight is 366 g/mol. The number of nitrogens with one attached hydrogen (secondary N) is 2. The van der Waals surface area contributed by atoms with Crippen LogP contribution in [0.15, 0.2) is 24.3 Å². The predicted molar refractivity (Wildman–Crippen MR) is 97.0 cm³/mol. The van der Waals surface area contributed by atoms with E-state index in [1.54, 1.807) is 24.3 Å². The highest BCUT2D eigenvalue weighted by atomic mass is 32.2. The first kappa shape index (κ1) is 18.4. The average Bonchev–Trinajstić information content (AvgIpc) is 3.02. The van der Waals surface area contributed by atoms with Crippen molar-refractivity contribution in [2.75, 3.05) is 11.9 Å². The Hall–Kier alpha value is -1.44. The molecule has 25 heavy (non-hydrogen) atoms. The molecule has 1 heterocycles. The molecule has 0 aromatic heterocycles. The van der Waals surface area contributed by atoms with Gasteiger partial charge in [0.05, 0.1) is 23.1 Å². The van der Waals surface area contributed by atoms with E-state index in [0.29, 0.717) is 24.2 Å². The fourth-order valence-electron chi connectivity index (χ4n) is 3.66. The molecule has 1 aromatic carbocycles. The highest BCUT2D eigenvalue weighted by Crippen LogP contribution is 2.26. The second-order valence-electron chi connectivity index (χ2n) is 7.11. The minimum absolute atomic E-state index is 0.0156. The lowest BCUT2D eigenvalue weighted by Crippen LogP contribution is -2.35. The number of sulfone groups is 1. The quantitative estimate of drug-likeness (QED) is 0.736. The minimum atomic E-state index is -3.16. The predicted octanol–water partition coefficient (Wildman–Crippen LogP) is 1.60. The highest BCUT2D eigenvalue weighted by Gasteiger charge is 2.29. The van der Waals surface area contributed by atoms with Crippen molar-refractivity contribution >= 4 is 21.4 Å². The molecular formula is C18H26N2O4S. The molecule has 2 unspecified atom stereocenters. The summed E-state index contributed by atoms with van der Waals surface area (Å²) in [6, 6.07) is 6.61. The Bertz CT molecular complexity index is 714. The van der Waals surface area contributed by atoms with Crippen molar-refractivity contribution in [1.29, 1.82) is 0 Å². The molecule has 0 radical (unpaired) electrons. The van der Waals surface area contributed by atoms with Crippen molar-refractivity contribution in [3.05, 3.63) is 29.8 Å². The zero-order valence-electron chi connectivity index (χ0n) is 14.3. The van der Waals surface area contributed by atoms with Gasteiger partial charge in [0.1, 0.15) is 0 Å². The van der Waals surface area contributed by atoms with Crippen molar-refractivity contribution in [3.8, 4) is 0 Å². The first-order valence-corrected chi connectivity index (χ1v) is 10.7. The smallest absolute Gasteiger partial charge is 0.241 e. The molecule has 2 fully saturated rings. The number of hydrogen-bond acceptors (Lipinski definition) is 5.